The first-order valence-electron chi connectivity index (χ1n) is 3.53. The molecule has 0 spiro atoms. The maximum Gasteiger partial charge on any atom is 0.239 e. The molecule has 0 unspecified atom stereocenters. The number of hydrogen-bond acceptors (Lipinski definition) is 4. The van der Waals surface area contributed by atoms with Gasteiger partial charge in [0.1, 0.15) is 0 Å². The van der Waals surface area contributed by atoms with Crippen LogP contribution in [0.4, 0.5) is 5.95 Å². The number of aromatic nitrogens is 2. The molecule has 0 aliphatic heterocycles. The Kier molecular flexibility index (Phi) is 2.38. The molecule has 2 N–H and O–H groups in total. The Hall–Kier alpha value is -1.16. The highest BCUT2D eigenvalue weighted by atomic mass is 15.4. The van der Waals surface area contributed by atoms with Crippen molar-refractivity contribution >= 4 is 5.95 Å². The van der Waals surface area contributed by atoms with Gasteiger partial charge in [-0.15, -0.1) is 0 Å². The summed E-state index contributed by atoms with van der Waals surface area (Å²) in [5.41, 5.74) is 1.12. The van der Waals surface area contributed by atoms with Crippen LogP contribution in [0.2, 0.25) is 0 Å². The molecule has 60 valence electrons. The van der Waals surface area contributed by atoms with Crippen molar-refractivity contribution in [3.8, 4) is 0 Å². The van der Waals surface area contributed by atoms with Gasteiger partial charge in [0.05, 0.1) is 0 Å². The molecule has 0 aliphatic carbocycles. The van der Waals surface area contributed by atoms with Crippen LogP contribution in [0.1, 0.15) is 12.5 Å². The first-order chi connectivity index (χ1) is 5.24. The van der Waals surface area contributed by atoms with Crippen LogP contribution in [0.5, 0.6) is 0 Å². The molecule has 4 heteroatoms. The van der Waals surface area contributed by atoms with Crippen molar-refractivity contribution in [3.63, 3.8) is 0 Å². The molecule has 0 atom stereocenters. The number of anilines is 1. The number of aryl methyl sites for hydroxylation is 1. The van der Waals surface area contributed by atoms with Crippen molar-refractivity contribution in [2.24, 2.45) is 5.84 Å². The Labute approximate surface area is 66.0 Å². The number of nitrogens with two attached hydrogens (primary N) is 1. The second kappa shape index (κ2) is 3.30. The average Bonchev–Trinajstić information content (AvgIpc) is 2.05. The summed E-state index contributed by atoms with van der Waals surface area (Å²) >= 11 is 0. The van der Waals surface area contributed by atoms with Crippen LogP contribution in [0, 0.1) is 0 Å². The molecular formula is C7H12N4. The van der Waals surface area contributed by atoms with E-state index in [4.69, 9.17) is 5.84 Å². The normalized spacial score (nSPS) is 9.73. The first kappa shape index (κ1) is 7.94. The Morgan fingerprint density at radius 3 is 2.36 bits per heavy atom. The van der Waals surface area contributed by atoms with Crippen molar-refractivity contribution < 1.29 is 0 Å². The van der Waals surface area contributed by atoms with Crippen LogP contribution >= 0.6 is 0 Å². The maximum atomic E-state index is 5.41. The lowest BCUT2D eigenvalue weighted by atomic mass is 10.3. The summed E-state index contributed by atoms with van der Waals surface area (Å²) < 4.78 is 0. The van der Waals surface area contributed by atoms with Gasteiger partial charge in [-0.3, -0.25) is 5.01 Å². The molecule has 0 saturated heterocycles. The lowest BCUT2D eigenvalue weighted by Crippen LogP contribution is -2.27. The third-order valence-corrected chi connectivity index (χ3v) is 1.42. The minimum atomic E-state index is 0.544. The smallest absolute Gasteiger partial charge is 0.239 e. The van der Waals surface area contributed by atoms with E-state index in [0.29, 0.717) is 5.95 Å². The van der Waals surface area contributed by atoms with E-state index in [1.54, 1.807) is 19.4 Å². The molecule has 1 heterocycles. The second-order valence-electron chi connectivity index (χ2n) is 2.36. The van der Waals surface area contributed by atoms with Crippen molar-refractivity contribution in [2.45, 2.75) is 13.3 Å². The molecule has 0 bridgehead atoms. The van der Waals surface area contributed by atoms with Crippen molar-refractivity contribution in [1.29, 1.82) is 0 Å². The Bertz CT molecular complexity index is 216. The number of hydrogen-bond donors (Lipinski definition) is 1. The van der Waals surface area contributed by atoms with Crippen LogP contribution in [-0.2, 0) is 6.42 Å². The molecule has 1 rings (SSSR count). The zero-order valence-electron chi connectivity index (χ0n) is 6.78. The lowest BCUT2D eigenvalue weighted by molar-refractivity contribution is 0.914. The van der Waals surface area contributed by atoms with E-state index in [2.05, 4.69) is 16.9 Å². The third kappa shape index (κ3) is 1.88. The van der Waals surface area contributed by atoms with E-state index in [1.807, 2.05) is 0 Å². The SMILES string of the molecule is CCc1cnc(N(C)N)nc1. The van der Waals surface area contributed by atoms with Crippen LogP contribution in [0.15, 0.2) is 12.4 Å². The standard InChI is InChI=1S/C7H12N4/c1-3-6-4-9-7(10-5-6)11(2)8/h4-5H,3,8H2,1-2H3. The lowest BCUT2D eigenvalue weighted by Gasteiger charge is -2.08. The fraction of sp³-hybridized carbons (Fsp3) is 0.429. The van der Waals surface area contributed by atoms with Gasteiger partial charge in [0.15, 0.2) is 0 Å². The van der Waals surface area contributed by atoms with Gasteiger partial charge in [-0.05, 0) is 12.0 Å². The molecule has 1 aromatic heterocycles. The summed E-state index contributed by atoms with van der Waals surface area (Å²) in [5.74, 6) is 5.96. The topological polar surface area (TPSA) is 55.0 Å². The predicted octanol–water partition coefficient (Wildman–Crippen LogP) is 0.349. The number of nitrogens with zero attached hydrogens (tertiary/aromatic N) is 3. The molecule has 11 heavy (non-hydrogen) atoms. The minimum Gasteiger partial charge on any atom is -0.282 e. The molecule has 0 amide bonds. The molecule has 4 nitrogen and oxygen atoms in total. The summed E-state index contributed by atoms with van der Waals surface area (Å²) in [6.45, 7) is 2.06. The predicted molar refractivity (Wildman–Crippen MR) is 44.0 cm³/mol. The molecule has 1 aromatic rings. The van der Waals surface area contributed by atoms with Gasteiger partial charge < -0.3 is 0 Å². The highest BCUT2D eigenvalue weighted by Gasteiger charge is 1.96. The Morgan fingerprint density at radius 1 is 1.45 bits per heavy atom. The van der Waals surface area contributed by atoms with Gasteiger partial charge in [-0.25, -0.2) is 15.8 Å². The molecule has 0 saturated carbocycles. The Morgan fingerprint density at radius 2 is 2.00 bits per heavy atom. The molecule has 0 aliphatic rings. The van der Waals surface area contributed by atoms with Crippen LogP contribution in [0.3, 0.4) is 0 Å². The van der Waals surface area contributed by atoms with Gasteiger partial charge >= 0.3 is 0 Å². The van der Waals surface area contributed by atoms with Crippen LogP contribution in [0.25, 0.3) is 0 Å². The van der Waals surface area contributed by atoms with E-state index < -0.39 is 0 Å². The summed E-state index contributed by atoms with van der Waals surface area (Å²) in [6, 6.07) is 0. The molecule has 0 fully saturated rings. The fourth-order valence-electron chi connectivity index (χ4n) is 0.713. The van der Waals surface area contributed by atoms with Crippen molar-refractivity contribution in [1.82, 2.24) is 9.97 Å². The maximum absolute atomic E-state index is 5.41. The minimum absolute atomic E-state index is 0.544. The molecule has 0 radical (unpaired) electrons. The van der Waals surface area contributed by atoms with Gasteiger partial charge in [-0.2, -0.15) is 0 Å². The number of hydrazine groups is 1. The van der Waals surface area contributed by atoms with Gasteiger partial charge in [0.25, 0.3) is 0 Å². The quantitative estimate of drug-likeness (QED) is 0.490. The Balaban J connectivity index is 2.83. The fourth-order valence-corrected chi connectivity index (χ4v) is 0.713. The van der Waals surface area contributed by atoms with E-state index in [9.17, 15) is 0 Å². The summed E-state index contributed by atoms with van der Waals surface area (Å²) in [4.78, 5) is 8.08. The number of rotatable bonds is 2. The van der Waals surface area contributed by atoms with E-state index >= 15 is 0 Å². The van der Waals surface area contributed by atoms with E-state index in [0.717, 1.165) is 12.0 Å². The van der Waals surface area contributed by atoms with E-state index in [1.165, 1.54) is 5.01 Å². The largest absolute Gasteiger partial charge is 0.282 e. The zero-order valence-corrected chi connectivity index (χ0v) is 6.78. The summed E-state index contributed by atoms with van der Waals surface area (Å²) in [6.07, 6.45) is 4.52. The summed E-state index contributed by atoms with van der Waals surface area (Å²) in [5, 5.41) is 1.39. The van der Waals surface area contributed by atoms with Gasteiger partial charge in [0, 0.05) is 19.4 Å². The zero-order chi connectivity index (χ0) is 8.27. The highest BCUT2D eigenvalue weighted by molar-refractivity contribution is 5.25. The van der Waals surface area contributed by atoms with Crippen LogP contribution < -0.4 is 10.9 Å². The van der Waals surface area contributed by atoms with Crippen molar-refractivity contribution in [3.05, 3.63) is 18.0 Å². The van der Waals surface area contributed by atoms with Crippen molar-refractivity contribution in [2.75, 3.05) is 12.1 Å². The van der Waals surface area contributed by atoms with Crippen LogP contribution in [-0.4, -0.2) is 17.0 Å². The second-order valence-corrected chi connectivity index (χ2v) is 2.36. The molecule has 0 aromatic carbocycles. The average molecular weight is 152 g/mol. The molecular weight excluding hydrogens is 140 g/mol. The van der Waals surface area contributed by atoms with E-state index in [-0.39, 0.29) is 0 Å². The van der Waals surface area contributed by atoms with Gasteiger partial charge in [0.2, 0.25) is 5.95 Å². The third-order valence-electron chi connectivity index (χ3n) is 1.42. The highest BCUT2D eigenvalue weighted by Crippen LogP contribution is 2.01. The monoisotopic (exact) mass is 152 g/mol. The first-order valence-corrected chi connectivity index (χ1v) is 3.53. The van der Waals surface area contributed by atoms with Gasteiger partial charge in [-0.1, -0.05) is 6.92 Å². The summed E-state index contributed by atoms with van der Waals surface area (Å²) in [7, 11) is 1.71.